The molecule has 0 radical (unpaired) electrons. The zero-order chi connectivity index (χ0) is 12.6. The van der Waals surface area contributed by atoms with Gasteiger partial charge in [0.05, 0.1) is 18.0 Å². The fraction of sp³-hybridized carbons (Fsp3) is 0.182. The summed E-state index contributed by atoms with van der Waals surface area (Å²) < 4.78 is 42.4. The number of aromatic nitrogens is 1. The first-order valence-electron chi connectivity index (χ1n) is 4.67. The standard InChI is InChI=1S/C11H8F3NO2/c1-17-8-4-2-3-6-10(8)7(16)5-9(15-6)11(12,13)14/h2-5H,1H3,(H,15,16). The Balaban J connectivity index is 2.76. The van der Waals surface area contributed by atoms with Gasteiger partial charge in [-0.1, -0.05) is 6.07 Å². The summed E-state index contributed by atoms with van der Waals surface area (Å²) in [4.78, 5) is 3.45. The molecule has 1 N–H and O–H groups in total. The molecule has 0 spiro atoms. The third kappa shape index (κ3) is 1.98. The number of halogens is 3. The van der Waals surface area contributed by atoms with Crippen molar-refractivity contribution < 1.29 is 23.0 Å². The van der Waals surface area contributed by atoms with Gasteiger partial charge in [-0.2, -0.15) is 13.2 Å². The van der Waals surface area contributed by atoms with Gasteiger partial charge in [0.25, 0.3) is 0 Å². The molecule has 90 valence electrons. The van der Waals surface area contributed by atoms with E-state index in [1.54, 1.807) is 0 Å². The van der Waals surface area contributed by atoms with Crippen molar-refractivity contribution in [2.24, 2.45) is 0 Å². The second-order valence-corrected chi connectivity index (χ2v) is 3.38. The van der Waals surface area contributed by atoms with Crippen molar-refractivity contribution in [1.29, 1.82) is 0 Å². The second kappa shape index (κ2) is 3.80. The minimum absolute atomic E-state index is 0.0386. The summed E-state index contributed by atoms with van der Waals surface area (Å²) >= 11 is 0. The largest absolute Gasteiger partial charge is 0.507 e. The van der Waals surface area contributed by atoms with Crippen LogP contribution in [-0.4, -0.2) is 17.2 Å². The van der Waals surface area contributed by atoms with Gasteiger partial charge < -0.3 is 9.84 Å². The molecular weight excluding hydrogens is 235 g/mol. The number of hydrogen-bond acceptors (Lipinski definition) is 3. The van der Waals surface area contributed by atoms with Gasteiger partial charge in [-0.05, 0) is 12.1 Å². The Labute approximate surface area is 94.5 Å². The van der Waals surface area contributed by atoms with E-state index in [1.165, 1.54) is 25.3 Å². The molecule has 0 fully saturated rings. The average Bonchev–Trinajstić information content (AvgIpc) is 2.26. The van der Waals surface area contributed by atoms with Gasteiger partial charge >= 0.3 is 6.18 Å². The van der Waals surface area contributed by atoms with E-state index in [1.807, 2.05) is 0 Å². The highest BCUT2D eigenvalue weighted by Gasteiger charge is 2.33. The van der Waals surface area contributed by atoms with Crippen LogP contribution < -0.4 is 4.74 Å². The molecular formula is C11H8F3NO2. The lowest BCUT2D eigenvalue weighted by Crippen LogP contribution is -2.07. The zero-order valence-corrected chi connectivity index (χ0v) is 8.75. The summed E-state index contributed by atoms with van der Waals surface area (Å²) in [5.74, 6) is -0.221. The van der Waals surface area contributed by atoms with Gasteiger partial charge in [0.1, 0.15) is 17.2 Å². The lowest BCUT2D eigenvalue weighted by molar-refractivity contribution is -0.141. The SMILES string of the molecule is COc1cccc2nc(C(F)(F)F)cc(O)c12. The van der Waals surface area contributed by atoms with Crippen LogP contribution in [0.5, 0.6) is 11.5 Å². The van der Waals surface area contributed by atoms with Crippen LogP contribution in [0.4, 0.5) is 13.2 Å². The molecule has 0 amide bonds. The number of benzene rings is 1. The van der Waals surface area contributed by atoms with E-state index in [2.05, 4.69) is 4.98 Å². The molecule has 3 nitrogen and oxygen atoms in total. The molecule has 1 heterocycles. The van der Waals surface area contributed by atoms with Crippen molar-refractivity contribution in [3.8, 4) is 11.5 Å². The summed E-state index contributed by atoms with van der Waals surface area (Å²) in [6.07, 6.45) is -4.59. The molecule has 1 aromatic heterocycles. The van der Waals surface area contributed by atoms with Crippen molar-refractivity contribution in [2.75, 3.05) is 7.11 Å². The van der Waals surface area contributed by atoms with Crippen LogP contribution in [0.1, 0.15) is 5.69 Å². The number of aromatic hydroxyl groups is 1. The summed E-state index contributed by atoms with van der Waals surface area (Å²) in [7, 11) is 1.37. The van der Waals surface area contributed by atoms with E-state index in [4.69, 9.17) is 4.74 Å². The van der Waals surface area contributed by atoms with E-state index in [9.17, 15) is 18.3 Å². The van der Waals surface area contributed by atoms with E-state index in [0.29, 0.717) is 6.07 Å². The maximum Gasteiger partial charge on any atom is 0.433 e. The maximum absolute atomic E-state index is 12.5. The molecule has 2 rings (SSSR count). The van der Waals surface area contributed by atoms with Gasteiger partial charge in [-0.25, -0.2) is 4.98 Å². The number of nitrogens with zero attached hydrogens (tertiary/aromatic N) is 1. The van der Waals surface area contributed by atoms with Crippen LogP contribution in [0.25, 0.3) is 10.9 Å². The van der Waals surface area contributed by atoms with Crippen molar-refractivity contribution in [3.05, 3.63) is 30.0 Å². The Kier molecular flexibility index (Phi) is 2.57. The predicted molar refractivity (Wildman–Crippen MR) is 55.0 cm³/mol. The molecule has 2 aromatic rings. The smallest absolute Gasteiger partial charge is 0.433 e. The van der Waals surface area contributed by atoms with Gasteiger partial charge in [0, 0.05) is 6.07 Å². The molecule has 0 aliphatic carbocycles. The summed E-state index contributed by atoms with van der Waals surface area (Å²) in [5.41, 5.74) is -1.09. The Morgan fingerprint density at radius 2 is 2.00 bits per heavy atom. The number of fused-ring (bicyclic) bond motifs is 1. The lowest BCUT2D eigenvalue weighted by atomic mass is 10.1. The molecule has 0 aliphatic heterocycles. The third-order valence-electron chi connectivity index (χ3n) is 2.29. The first kappa shape index (κ1) is 11.5. The third-order valence-corrected chi connectivity index (χ3v) is 2.29. The van der Waals surface area contributed by atoms with E-state index >= 15 is 0 Å². The molecule has 0 unspecified atom stereocenters. The number of pyridine rings is 1. The van der Waals surface area contributed by atoms with Crippen LogP contribution >= 0.6 is 0 Å². The van der Waals surface area contributed by atoms with Crippen molar-refractivity contribution in [3.63, 3.8) is 0 Å². The molecule has 0 saturated heterocycles. The number of methoxy groups -OCH3 is 1. The highest BCUT2D eigenvalue weighted by molar-refractivity contribution is 5.90. The highest BCUT2D eigenvalue weighted by Crippen LogP contribution is 2.37. The number of alkyl halides is 3. The fourth-order valence-electron chi connectivity index (χ4n) is 1.55. The quantitative estimate of drug-likeness (QED) is 0.837. The summed E-state index contributed by atoms with van der Waals surface area (Å²) in [6.45, 7) is 0. The van der Waals surface area contributed by atoms with E-state index in [0.717, 1.165) is 0 Å². The normalized spacial score (nSPS) is 11.8. The van der Waals surface area contributed by atoms with Crippen molar-refractivity contribution in [2.45, 2.75) is 6.18 Å². The molecule has 1 aromatic carbocycles. The van der Waals surface area contributed by atoms with Gasteiger partial charge in [-0.15, -0.1) is 0 Å². The van der Waals surface area contributed by atoms with Crippen molar-refractivity contribution >= 4 is 10.9 Å². The van der Waals surface area contributed by atoms with Crippen LogP contribution in [-0.2, 0) is 6.18 Å². The Hall–Kier alpha value is -1.98. The molecule has 0 aliphatic rings. The van der Waals surface area contributed by atoms with E-state index < -0.39 is 17.6 Å². The Bertz CT molecular complexity index is 566. The maximum atomic E-state index is 12.5. The lowest BCUT2D eigenvalue weighted by Gasteiger charge is -2.10. The van der Waals surface area contributed by atoms with Crippen molar-refractivity contribution in [1.82, 2.24) is 4.98 Å². The highest BCUT2D eigenvalue weighted by atomic mass is 19.4. The van der Waals surface area contributed by atoms with Gasteiger partial charge in [0.15, 0.2) is 0 Å². The fourth-order valence-corrected chi connectivity index (χ4v) is 1.55. The topological polar surface area (TPSA) is 42.4 Å². The number of rotatable bonds is 1. The molecule has 0 atom stereocenters. The van der Waals surface area contributed by atoms with Crippen LogP contribution in [0.3, 0.4) is 0 Å². The molecule has 17 heavy (non-hydrogen) atoms. The number of ether oxygens (including phenoxy) is 1. The Morgan fingerprint density at radius 1 is 1.29 bits per heavy atom. The van der Waals surface area contributed by atoms with Gasteiger partial charge in [0.2, 0.25) is 0 Å². The van der Waals surface area contributed by atoms with Crippen LogP contribution in [0.15, 0.2) is 24.3 Å². The van der Waals surface area contributed by atoms with Crippen LogP contribution in [0, 0.1) is 0 Å². The minimum atomic E-state index is -4.59. The summed E-state index contributed by atoms with van der Waals surface area (Å²) in [6, 6.07) is 5.02. The zero-order valence-electron chi connectivity index (χ0n) is 8.75. The molecule has 6 heteroatoms. The first-order valence-corrected chi connectivity index (χ1v) is 4.67. The van der Waals surface area contributed by atoms with Crippen LogP contribution in [0.2, 0.25) is 0 Å². The average molecular weight is 243 g/mol. The summed E-state index contributed by atoms with van der Waals surface area (Å²) in [5, 5.41) is 9.78. The first-order chi connectivity index (χ1) is 7.93. The second-order valence-electron chi connectivity index (χ2n) is 3.38. The van der Waals surface area contributed by atoms with E-state index in [-0.39, 0.29) is 16.7 Å². The number of hydrogen-bond donors (Lipinski definition) is 1. The Morgan fingerprint density at radius 3 is 2.59 bits per heavy atom. The monoisotopic (exact) mass is 243 g/mol. The van der Waals surface area contributed by atoms with Gasteiger partial charge in [-0.3, -0.25) is 0 Å². The predicted octanol–water partition coefficient (Wildman–Crippen LogP) is 2.97. The molecule has 0 saturated carbocycles. The molecule has 0 bridgehead atoms. The minimum Gasteiger partial charge on any atom is -0.507 e.